The average molecular weight is 450 g/mol. The molecule has 0 saturated carbocycles. The number of fused-ring (bicyclic) bond motifs is 1. The van der Waals surface area contributed by atoms with Crippen molar-refractivity contribution >= 4 is 41.6 Å². The highest BCUT2D eigenvalue weighted by Gasteiger charge is 2.27. The van der Waals surface area contributed by atoms with E-state index in [0.717, 1.165) is 35.9 Å². The first-order chi connectivity index (χ1) is 13.5. The highest BCUT2D eigenvalue weighted by Crippen LogP contribution is 2.28. The van der Waals surface area contributed by atoms with Crippen LogP contribution in [0.4, 0.5) is 4.39 Å². The number of hydrogen-bond donors (Lipinski definition) is 1. The third kappa shape index (κ3) is 4.91. The standard InChI is InChI=1S/C23H24FN3O.2ClH/c1-15(25)17-5-4-12-27(14-17)23(28)20-13-22(16-8-10-18(24)11-9-16)26-21-7-3-2-6-19(20)21;;/h2-3,6-11,13,15,17H,4-5,12,14,25H2,1H3;2*1H. The third-order valence-electron chi connectivity index (χ3n) is 5.58. The lowest BCUT2D eigenvalue weighted by Crippen LogP contribution is -2.45. The molecule has 1 amide bonds. The molecule has 2 heterocycles. The number of piperidine rings is 1. The first kappa shape index (κ1) is 24.1. The average Bonchev–Trinajstić information content (AvgIpc) is 2.73. The Morgan fingerprint density at radius 2 is 1.87 bits per heavy atom. The van der Waals surface area contributed by atoms with E-state index < -0.39 is 0 Å². The Morgan fingerprint density at radius 3 is 2.57 bits per heavy atom. The summed E-state index contributed by atoms with van der Waals surface area (Å²) in [6.07, 6.45) is 2.02. The third-order valence-corrected chi connectivity index (χ3v) is 5.58. The maximum atomic E-state index is 13.4. The zero-order valence-corrected chi connectivity index (χ0v) is 18.4. The van der Waals surface area contributed by atoms with Crippen LogP contribution in [0.3, 0.4) is 0 Å². The summed E-state index contributed by atoms with van der Waals surface area (Å²) in [5.41, 5.74) is 8.94. The van der Waals surface area contributed by atoms with Gasteiger partial charge in [-0.1, -0.05) is 18.2 Å². The monoisotopic (exact) mass is 449 g/mol. The van der Waals surface area contributed by atoms with E-state index in [1.165, 1.54) is 12.1 Å². The summed E-state index contributed by atoms with van der Waals surface area (Å²) in [4.78, 5) is 20.0. The number of aromatic nitrogens is 1. The Morgan fingerprint density at radius 1 is 1.17 bits per heavy atom. The van der Waals surface area contributed by atoms with Crippen molar-refractivity contribution in [3.05, 3.63) is 66.0 Å². The number of carbonyl (C=O) groups excluding carboxylic acids is 1. The number of benzene rings is 2. The van der Waals surface area contributed by atoms with Gasteiger partial charge in [0.2, 0.25) is 0 Å². The van der Waals surface area contributed by atoms with E-state index in [4.69, 9.17) is 10.7 Å². The van der Waals surface area contributed by atoms with Crippen molar-refractivity contribution in [3.8, 4) is 11.3 Å². The van der Waals surface area contributed by atoms with Crippen LogP contribution in [-0.2, 0) is 0 Å². The van der Waals surface area contributed by atoms with E-state index >= 15 is 0 Å². The normalized spacial score (nSPS) is 17.0. The zero-order valence-electron chi connectivity index (χ0n) is 16.8. The van der Waals surface area contributed by atoms with E-state index in [1.807, 2.05) is 42.2 Å². The molecule has 0 spiro atoms. The molecule has 0 aliphatic carbocycles. The Hall–Kier alpha value is -2.21. The fraction of sp³-hybridized carbons (Fsp3) is 0.304. The fourth-order valence-electron chi connectivity index (χ4n) is 3.91. The molecular formula is C23H26Cl2FN3O. The minimum atomic E-state index is -0.295. The molecule has 1 aliphatic heterocycles. The predicted octanol–water partition coefficient (Wildman–Crippen LogP) is 5.08. The van der Waals surface area contributed by atoms with Gasteiger partial charge in [-0.05, 0) is 62.1 Å². The Kier molecular flexibility index (Phi) is 8.18. The molecule has 2 aromatic carbocycles. The van der Waals surface area contributed by atoms with E-state index in [-0.39, 0.29) is 42.6 Å². The lowest BCUT2D eigenvalue weighted by Gasteiger charge is -2.35. The Balaban J connectivity index is 0.00000160. The van der Waals surface area contributed by atoms with Crippen LogP contribution in [0.15, 0.2) is 54.6 Å². The second-order valence-corrected chi connectivity index (χ2v) is 7.59. The molecule has 7 heteroatoms. The summed E-state index contributed by atoms with van der Waals surface area (Å²) in [6.45, 7) is 3.43. The number of carbonyl (C=O) groups is 1. The first-order valence-corrected chi connectivity index (χ1v) is 9.73. The first-order valence-electron chi connectivity index (χ1n) is 9.73. The van der Waals surface area contributed by atoms with Gasteiger partial charge in [0.15, 0.2) is 0 Å². The molecule has 1 saturated heterocycles. The summed E-state index contributed by atoms with van der Waals surface area (Å²) in [5.74, 6) is 0.0331. The minimum absolute atomic E-state index is 0. The maximum absolute atomic E-state index is 13.4. The maximum Gasteiger partial charge on any atom is 0.254 e. The van der Waals surface area contributed by atoms with Gasteiger partial charge in [-0.3, -0.25) is 4.79 Å². The number of rotatable bonds is 3. The van der Waals surface area contributed by atoms with Crippen molar-refractivity contribution in [2.45, 2.75) is 25.8 Å². The predicted molar refractivity (Wildman–Crippen MR) is 124 cm³/mol. The number of hydrogen-bond acceptors (Lipinski definition) is 3. The van der Waals surface area contributed by atoms with Crippen molar-refractivity contribution in [2.24, 2.45) is 11.7 Å². The van der Waals surface area contributed by atoms with Crippen LogP contribution in [0.25, 0.3) is 22.2 Å². The summed E-state index contributed by atoms with van der Waals surface area (Å²) < 4.78 is 13.3. The molecule has 3 aromatic rings. The van der Waals surface area contributed by atoms with Crippen molar-refractivity contribution in [1.82, 2.24) is 9.88 Å². The topological polar surface area (TPSA) is 59.2 Å². The van der Waals surface area contributed by atoms with Crippen LogP contribution in [0.2, 0.25) is 0 Å². The van der Waals surface area contributed by atoms with E-state index in [9.17, 15) is 9.18 Å². The number of nitrogens with two attached hydrogens (primary N) is 1. The van der Waals surface area contributed by atoms with Crippen molar-refractivity contribution in [1.29, 1.82) is 0 Å². The van der Waals surface area contributed by atoms with E-state index in [1.54, 1.807) is 12.1 Å². The van der Waals surface area contributed by atoms with Crippen LogP contribution in [0, 0.1) is 11.7 Å². The molecule has 0 bridgehead atoms. The molecular weight excluding hydrogens is 424 g/mol. The highest BCUT2D eigenvalue weighted by molar-refractivity contribution is 6.07. The number of amides is 1. The smallest absolute Gasteiger partial charge is 0.254 e. The quantitative estimate of drug-likeness (QED) is 0.605. The number of halogens is 3. The fourth-order valence-corrected chi connectivity index (χ4v) is 3.91. The molecule has 4 nitrogen and oxygen atoms in total. The summed E-state index contributed by atoms with van der Waals surface area (Å²) in [5, 5.41) is 0.835. The molecule has 2 atom stereocenters. The summed E-state index contributed by atoms with van der Waals surface area (Å²) >= 11 is 0. The van der Waals surface area contributed by atoms with Crippen molar-refractivity contribution < 1.29 is 9.18 Å². The lowest BCUT2D eigenvalue weighted by atomic mass is 9.91. The van der Waals surface area contributed by atoms with Gasteiger partial charge < -0.3 is 10.6 Å². The second kappa shape index (κ2) is 10.2. The zero-order chi connectivity index (χ0) is 19.7. The van der Waals surface area contributed by atoms with Gasteiger partial charge in [0.1, 0.15) is 5.82 Å². The molecule has 4 rings (SSSR count). The molecule has 1 fully saturated rings. The molecule has 2 unspecified atom stereocenters. The van der Waals surface area contributed by atoms with Crippen molar-refractivity contribution in [2.75, 3.05) is 13.1 Å². The van der Waals surface area contributed by atoms with Gasteiger partial charge in [-0.2, -0.15) is 0 Å². The van der Waals surface area contributed by atoms with Crippen LogP contribution < -0.4 is 5.73 Å². The van der Waals surface area contributed by atoms with Crippen LogP contribution in [0.5, 0.6) is 0 Å². The number of para-hydroxylation sites is 1. The van der Waals surface area contributed by atoms with Gasteiger partial charge in [0, 0.05) is 30.1 Å². The van der Waals surface area contributed by atoms with Crippen molar-refractivity contribution in [3.63, 3.8) is 0 Å². The minimum Gasteiger partial charge on any atom is -0.338 e. The van der Waals surface area contributed by atoms with Crippen LogP contribution in [0.1, 0.15) is 30.1 Å². The molecule has 1 aromatic heterocycles. The number of likely N-dealkylation sites (tertiary alicyclic amines) is 1. The molecule has 1 aliphatic rings. The number of pyridine rings is 1. The SMILES string of the molecule is CC(N)C1CCCN(C(=O)c2cc(-c3ccc(F)cc3)nc3ccccc23)C1.Cl.Cl. The summed E-state index contributed by atoms with van der Waals surface area (Å²) in [7, 11) is 0. The van der Waals surface area contributed by atoms with Gasteiger partial charge in [0.05, 0.1) is 16.8 Å². The second-order valence-electron chi connectivity index (χ2n) is 7.59. The largest absolute Gasteiger partial charge is 0.338 e. The van der Waals surface area contributed by atoms with Gasteiger partial charge in [0.25, 0.3) is 5.91 Å². The molecule has 2 N–H and O–H groups in total. The van der Waals surface area contributed by atoms with E-state index in [0.29, 0.717) is 23.7 Å². The summed E-state index contributed by atoms with van der Waals surface area (Å²) in [6, 6.07) is 15.7. The van der Waals surface area contributed by atoms with Crippen LogP contribution in [-0.4, -0.2) is 34.9 Å². The highest BCUT2D eigenvalue weighted by atomic mass is 35.5. The Bertz CT molecular complexity index is 1010. The van der Waals surface area contributed by atoms with Crippen LogP contribution >= 0.6 is 24.8 Å². The van der Waals surface area contributed by atoms with Gasteiger partial charge >= 0.3 is 0 Å². The Labute approximate surface area is 188 Å². The lowest BCUT2D eigenvalue weighted by molar-refractivity contribution is 0.0663. The molecule has 30 heavy (non-hydrogen) atoms. The number of nitrogens with zero attached hydrogens (tertiary/aromatic N) is 2. The molecule has 0 radical (unpaired) electrons. The van der Waals surface area contributed by atoms with E-state index in [2.05, 4.69) is 0 Å². The van der Waals surface area contributed by atoms with Gasteiger partial charge in [-0.25, -0.2) is 9.37 Å². The van der Waals surface area contributed by atoms with Gasteiger partial charge in [-0.15, -0.1) is 24.8 Å². The molecule has 160 valence electrons.